The highest BCUT2D eigenvalue weighted by Crippen LogP contribution is 2.26. The lowest BCUT2D eigenvalue weighted by Gasteiger charge is -1.99. The fourth-order valence-corrected chi connectivity index (χ4v) is 1.76. The van der Waals surface area contributed by atoms with Gasteiger partial charge in [-0.2, -0.15) is 0 Å². The van der Waals surface area contributed by atoms with Gasteiger partial charge in [0.2, 0.25) is 5.89 Å². The van der Waals surface area contributed by atoms with Crippen LogP contribution in [0, 0.1) is 13.8 Å². The Hall–Kier alpha value is -1.59. The van der Waals surface area contributed by atoms with Crippen molar-refractivity contribution in [1.82, 2.24) is 10.3 Å². The standard InChI is InChI=1S/C13H18N2O3/c1-9-6-11(10(2)17-9)12-7-15-13(18-12)8-14-4-5-16-3/h6-7,14H,4-5,8H2,1-3H3. The molecule has 0 amide bonds. The third kappa shape index (κ3) is 3.00. The molecule has 2 rings (SSSR count). The van der Waals surface area contributed by atoms with Crippen LogP contribution in [0.4, 0.5) is 0 Å². The van der Waals surface area contributed by atoms with Gasteiger partial charge in [-0.25, -0.2) is 4.98 Å². The quantitative estimate of drug-likeness (QED) is 0.797. The van der Waals surface area contributed by atoms with Gasteiger partial charge in [-0.05, 0) is 19.9 Å². The number of furan rings is 1. The molecule has 0 saturated heterocycles. The fraction of sp³-hybridized carbons (Fsp3) is 0.462. The zero-order valence-electron chi connectivity index (χ0n) is 10.9. The summed E-state index contributed by atoms with van der Waals surface area (Å²) >= 11 is 0. The number of methoxy groups -OCH3 is 1. The predicted octanol–water partition coefficient (Wildman–Crippen LogP) is 2.29. The molecule has 0 unspecified atom stereocenters. The Labute approximate surface area is 106 Å². The van der Waals surface area contributed by atoms with E-state index in [9.17, 15) is 0 Å². The van der Waals surface area contributed by atoms with Crippen LogP contribution in [0.2, 0.25) is 0 Å². The van der Waals surface area contributed by atoms with Crippen molar-refractivity contribution in [3.8, 4) is 11.3 Å². The number of hydrogen-bond acceptors (Lipinski definition) is 5. The van der Waals surface area contributed by atoms with Gasteiger partial charge in [0.1, 0.15) is 11.5 Å². The lowest BCUT2D eigenvalue weighted by molar-refractivity contribution is 0.198. The first kappa shape index (κ1) is 12.9. The number of nitrogens with zero attached hydrogens (tertiary/aromatic N) is 1. The van der Waals surface area contributed by atoms with Gasteiger partial charge in [-0.15, -0.1) is 0 Å². The number of oxazole rings is 1. The van der Waals surface area contributed by atoms with E-state index in [0.717, 1.165) is 29.4 Å². The molecule has 5 nitrogen and oxygen atoms in total. The van der Waals surface area contributed by atoms with Crippen molar-refractivity contribution in [3.05, 3.63) is 29.7 Å². The highest BCUT2D eigenvalue weighted by Gasteiger charge is 2.12. The van der Waals surface area contributed by atoms with E-state index >= 15 is 0 Å². The molecular formula is C13H18N2O3. The normalized spacial score (nSPS) is 11.1. The van der Waals surface area contributed by atoms with Crippen molar-refractivity contribution in [3.63, 3.8) is 0 Å². The average molecular weight is 250 g/mol. The zero-order chi connectivity index (χ0) is 13.0. The lowest BCUT2D eigenvalue weighted by atomic mass is 10.2. The highest BCUT2D eigenvalue weighted by molar-refractivity contribution is 5.59. The Morgan fingerprint density at radius 2 is 2.17 bits per heavy atom. The minimum absolute atomic E-state index is 0.596. The van der Waals surface area contributed by atoms with Gasteiger partial charge in [-0.3, -0.25) is 0 Å². The summed E-state index contributed by atoms with van der Waals surface area (Å²) in [5, 5.41) is 3.18. The number of aromatic nitrogens is 1. The maximum atomic E-state index is 5.67. The van der Waals surface area contributed by atoms with Crippen LogP contribution in [0.15, 0.2) is 21.1 Å². The molecule has 5 heteroatoms. The Kier molecular flexibility index (Phi) is 4.17. The molecule has 98 valence electrons. The largest absolute Gasteiger partial charge is 0.466 e. The van der Waals surface area contributed by atoms with Gasteiger partial charge >= 0.3 is 0 Å². The predicted molar refractivity (Wildman–Crippen MR) is 67.3 cm³/mol. The van der Waals surface area contributed by atoms with Crippen LogP contribution in [0.1, 0.15) is 17.4 Å². The van der Waals surface area contributed by atoms with Crippen molar-refractivity contribution in [2.45, 2.75) is 20.4 Å². The van der Waals surface area contributed by atoms with Crippen LogP contribution in [-0.4, -0.2) is 25.2 Å². The molecule has 0 aliphatic heterocycles. The maximum Gasteiger partial charge on any atom is 0.208 e. The summed E-state index contributed by atoms with van der Waals surface area (Å²) in [6, 6.07) is 1.96. The number of ether oxygens (including phenoxy) is 1. The van der Waals surface area contributed by atoms with E-state index in [1.165, 1.54) is 0 Å². The summed E-state index contributed by atoms with van der Waals surface area (Å²) in [7, 11) is 1.68. The van der Waals surface area contributed by atoms with E-state index in [4.69, 9.17) is 13.6 Å². The molecule has 0 aromatic carbocycles. The van der Waals surface area contributed by atoms with Gasteiger partial charge < -0.3 is 18.9 Å². The Balaban J connectivity index is 1.99. The van der Waals surface area contributed by atoms with E-state index < -0.39 is 0 Å². The molecule has 0 spiro atoms. The average Bonchev–Trinajstić information content (AvgIpc) is 2.91. The molecule has 0 fully saturated rings. The smallest absolute Gasteiger partial charge is 0.208 e. The van der Waals surface area contributed by atoms with Crippen molar-refractivity contribution in [2.24, 2.45) is 0 Å². The maximum absolute atomic E-state index is 5.67. The van der Waals surface area contributed by atoms with Crippen molar-refractivity contribution in [1.29, 1.82) is 0 Å². The second kappa shape index (κ2) is 5.84. The van der Waals surface area contributed by atoms with Crippen LogP contribution < -0.4 is 5.32 Å². The van der Waals surface area contributed by atoms with Crippen molar-refractivity contribution < 1.29 is 13.6 Å². The number of rotatable bonds is 6. The van der Waals surface area contributed by atoms with Crippen molar-refractivity contribution >= 4 is 0 Å². The third-order valence-electron chi connectivity index (χ3n) is 2.62. The molecule has 2 aromatic rings. The number of nitrogens with one attached hydrogen (secondary N) is 1. The Bertz CT molecular complexity index is 502. The molecule has 2 heterocycles. The van der Waals surface area contributed by atoms with E-state index in [0.29, 0.717) is 19.0 Å². The molecule has 0 saturated carbocycles. The molecular weight excluding hydrogens is 232 g/mol. The van der Waals surface area contributed by atoms with Crippen LogP contribution in [0.5, 0.6) is 0 Å². The summed E-state index contributed by atoms with van der Waals surface area (Å²) in [6.45, 7) is 5.88. The summed E-state index contributed by atoms with van der Waals surface area (Å²) < 4.78 is 16.1. The van der Waals surface area contributed by atoms with E-state index in [-0.39, 0.29) is 0 Å². The zero-order valence-corrected chi connectivity index (χ0v) is 10.9. The van der Waals surface area contributed by atoms with Crippen LogP contribution in [-0.2, 0) is 11.3 Å². The lowest BCUT2D eigenvalue weighted by Crippen LogP contribution is -2.18. The summed E-state index contributed by atoms with van der Waals surface area (Å²) in [4.78, 5) is 4.23. The summed E-state index contributed by atoms with van der Waals surface area (Å²) in [5.74, 6) is 3.13. The van der Waals surface area contributed by atoms with Gasteiger partial charge in [0.15, 0.2) is 5.76 Å². The van der Waals surface area contributed by atoms with Crippen molar-refractivity contribution in [2.75, 3.05) is 20.3 Å². The van der Waals surface area contributed by atoms with E-state index in [2.05, 4.69) is 10.3 Å². The van der Waals surface area contributed by atoms with Crippen LogP contribution in [0.25, 0.3) is 11.3 Å². The Morgan fingerprint density at radius 1 is 1.33 bits per heavy atom. The third-order valence-corrected chi connectivity index (χ3v) is 2.62. The Morgan fingerprint density at radius 3 is 2.83 bits per heavy atom. The topological polar surface area (TPSA) is 60.4 Å². The second-order valence-corrected chi connectivity index (χ2v) is 4.11. The molecule has 0 aliphatic carbocycles. The minimum atomic E-state index is 0.596. The van der Waals surface area contributed by atoms with Gasteiger partial charge in [0, 0.05) is 13.7 Å². The van der Waals surface area contributed by atoms with Gasteiger partial charge in [-0.1, -0.05) is 0 Å². The first-order valence-corrected chi connectivity index (χ1v) is 5.92. The molecule has 0 atom stereocenters. The number of aryl methyl sites for hydroxylation is 2. The highest BCUT2D eigenvalue weighted by atomic mass is 16.5. The number of hydrogen-bond donors (Lipinski definition) is 1. The fourth-order valence-electron chi connectivity index (χ4n) is 1.76. The first-order chi connectivity index (χ1) is 8.70. The van der Waals surface area contributed by atoms with E-state index in [1.54, 1.807) is 13.3 Å². The SMILES string of the molecule is COCCNCc1ncc(-c2cc(C)oc2C)o1. The van der Waals surface area contributed by atoms with Gasteiger partial charge in [0.05, 0.1) is 24.9 Å². The monoisotopic (exact) mass is 250 g/mol. The van der Waals surface area contributed by atoms with Crippen LogP contribution >= 0.6 is 0 Å². The second-order valence-electron chi connectivity index (χ2n) is 4.11. The molecule has 18 heavy (non-hydrogen) atoms. The molecule has 0 aliphatic rings. The van der Waals surface area contributed by atoms with Gasteiger partial charge in [0.25, 0.3) is 0 Å². The summed E-state index contributed by atoms with van der Waals surface area (Å²) in [5.41, 5.74) is 0.961. The van der Waals surface area contributed by atoms with E-state index in [1.807, 2.05) is 19.9 Å². The molecule has 2 aromatic heterocycles. The molecule has 0 radical (unpaired) electrons. The first-order valence-electron chi connectivity index (χ1n) is 5.92. The molecule has 0 bridgehead atoms. The summed E-state index contributed by atoms with van der Waals surface area (Å²) in [6.07, 6.45) is 1.73. The van der Waals surface area contributed by atoms with Crippen LogP contribution in [0.3, 0.4) is 0 Å². The molecule has 1 N–H and O–H groups in total. The minimum Gasteiger partial charge on any atom is -0.466 e.